The van der Waals surface area contributed by atoms with E-state index < -0.39 is 10.0 Å². The van der Waals surface area contributed by atoms with Crippen LogP contribution in [0.15, 0.2) is 224 Å². The van der Waals surface area contributed by atoms with Crippen LogP contribution in [0.4, 0.5) is 0 Å². The van der Waals surface area contributed by atoms with Crippen LogP contribution in [0.2, 0.25) is 0 Å². The Morgan fingerprint density at radius 1 is 0.373 bits per heavy atom. The minimum Gasteiger partial charge on any atom is -0.455 e. The van der Waals surface area contributed by atoms with Gasteiger partial charge < -0.3 is 8.98 Å². The predicted molar refractivity (Wildman–Crippen MR) is 213 cm³/mol. The molecule has 51 heavy (non-hydrogen) atoms. The number of para-hydroxylation sites is 4. The van der Waals surface area contributed by atoms with Gasteiger partial charge in [0.1, 0.15) is 11.2 Å². The summed E-state index contributed by atoms with van der Waals surface area (Å²) in [4.78, 5) is 5.00. The minimum absolute atomic E-state index is 0.908. The second-order valence-electron chi connectivity index (χ2n) is 12.9. The second kappa shape index (κ2) is 11.9. The van der Waals surface area contributed by atoms with Crippen LogP contribution in [0.3, 0.4) is 0 Å². The zero-order chi connectivity index (χ0) is 33.8. The lowest BCUT2D eigenvalue weighted by molar-refractivity contribution is 0.659. The van der Waals surface area contributed by atoms with Gasteiger partial charge >= 0.3 is 0 Å². The van der Waals surface area contributed by atoms with Crippen molar-refractivity contribution in [3.05, 3.63) is 200 Å². The van der Waals surface area contributed by atoms with Crippen molar-refractivity contribution in [1.82, 2.24) is 4.57 Å². The summed E-state index contributed by atoms with van der Waals surface area (Å²) >= 11 is 0. The summed E-state index contributed by atoms with van der Waals surface area (Å²) in [7, 11) is -2.02. The molecule has 0 aliphatic rings. The highest BCUT2D eigenvalue weighted by Crippen LogP contribution is 2.75. The van der Waals surface area contributed by atoms with E-state index in [2.05, 4.69) is 205 Å². The predicted octanol–water partition coefficient (Wildman–Crippen LogP) is 13.7. The lowest BCUT2D eigenvalue weighted by Gasteiger charge is -2.42. The summed E-state index contributed by atoms with van der Waals surface area (Å²) in [5.74, 6) is 0. The first-order valence-electron chi connectivity index (χ1n) is 17.3. The van der Waals surface area contributed by atoms with Crippen LogP contribution in [0.5, 0.6) is 0 Å². The van der Waals surface area contributed by atoms with Crippen molar-refractivity contribution >= 4 is 53.8 Å². The molecule has 0 aliphatic carbocycles. The maximum Gasteiger partial charge on any atom is 0.148 e. The van der Waals surface area contributed by atoms with Crippen LogP contribution in [0, 0.1) is 0 Å². The van der Waals surface area contributed by atoms with Gasteiger partial charge in [0.25, 0.3) is 0 Å². The van der Waals surface area contributed by atoms with Crippen LogP contribution < -0.4 is 0 Å². The second-order valence-corrected chi connectivity index (χ2v) is 16.0. The lowest BCUT2D eigenvalue weighted by atomic mass is 10.0. The molecule has 8 aromatic carbocycles. The number of aromatic nitrogens is 1. The molecule has 242 valence electrons. The summed E-state index contributed by atoms with van der Waals surface area (Å²) in [6.07, 6.45) is 0. The number of nitrogens with zero attached hydrogens (tertiary/aromatic N) is 1. The van der Waals surface area contributed by atoms with Crippen molar-refractivity contribution in [3.8, 4) is 16.8 Å². The first kappa shape index (κ1) is 29.6. The molecule has 0 saturated heterocycles. The molecule has 0 N–H and O–H groups in total. The lowest BCUT2D eigenvalue weighted by Crippen LogP contribution is -2.05. The van der Waals surface area contributed by atoms with Crippen LogP contribution in [-0.4, -0.2) is 4.57 Å². The normalized spacial score (nSPS) is 12.2. The van der Waals surface area contributed by atoms with Gasteiger partial charge in [0.05, 0.1) is 11.0 Å². The number of hydrogen-bond donors (Lipinski definition) is 0. The van der Waals surface area contributed by atoms with E-state index in [-0.39, 0.29) is 0 Å². The zero-order valence-electron chi connectivity index (χ0n) is 27.8. The summed E-state index contributed by atoms with van der Waals surface area (Å²) in [6, 6.07) is 72.7. The van der Waals surface area contributed by atoms with Crippen LogP contribution in [-0.2, 0) is 0 Å². The van der Waals surface area contributed by atoms with E-state index in [4.69, 9.17) is 4.42 Å². The zero-order valence-corrected chi connectivity index (χ0v) is 28.6. The van der Waals surface area contributed by atoms with Crippen molar-refractivity contribution in [2.24, 2.45) is 0 Å². The maximum absolute atomic E-state index is 6.82. The van der Waals surface area contributed by atoms with Gasteiger partial charge in [-0.3, -0.25) is 0 Å². The van der Waals surface area contributed by atoms with E-state index in [0.29, 0.717) is 0 Å². The molecular formula is C48H33NOS. The average molecular weight is 672 g/mol. The molecule has 0 unspecified atom stereocenters. The van der Waals surface area contributed by atoms with Crippen molar-refractivity contribution in [3.63, 3.8) is 0 Å². The fourth-order valence-electron chi connectivity index (χ4n) is 7.87. The third-order valence-corrected chi connectivity index (χ3v) is 14.0. The van der Waals surface area contributed by atoms with Crippen LogP contribution in [0.25, 0.3) is 60.6 Å². The van der Waals surface area contributed by atoms with Gasteiger partial charge in [-0.2, -0.15) is 0 Å². The molecule has 0 fully saturated rings. The maximum atomic E-state index is 6.82. The summed E-state index contributed by atoms with van der Waals surface area (Å²) < 4.78 is 9.19. The topological polar surface area (TPSA) is 18.1 Å². The quantitative estimate of drug-likeness (QED) is 0.172. The standard InChI is InChI=1S/C48H33NOS/c1-4-17-36(18-5-1)49-44-27-12-10-24-40(44)43-33-35(30-31-45(43)49)34-16-14-23-39(32-34)51(37-19-6-2-7-20-37,38-21-8-3-9-22-38)47-29-15-26-42-41-25-11-13-28-46(41)50-48(42)47/h1-33H. The molecule has 0 amide bonds. The van der Waals surface area contributed by atoms with Gasteiger partial charge in [0.2, 0.25) is 0 Å². The Labute approximate surface area is 298 Å². The van der Waals surface area contributed by atoms with E-state index in [1.165, 1.54) is 52.5 Å². The van der Waals surface area contributed by atoms with Gasteiger partial charge in [-0.1, -0.05) is 121 Å². The molecule has 10 rings (SSSR count). The fourth-order valence-corrected chi connectivity index (χ4v) is 11.9. The molecule has 2 aromatic heterocycles. The first-order valence-corrected chi connectivity index (χ1v) is 19.0. The Bertz CT molecular complexity index is 2810. The Morgan fingerprint density at radius 3 is 1.71 bits per heavy atom. The first-order chi connectivity index (χ1) is 25.3. The van der Waals surface area contributed by atoms with Gasteiger partial charge in [-0.25, -0.2) is 0 Å². The number of furan rings is 1. The number of fused-ring (bicyclic) bond motifs is 6. The van der Waals surface area contributed by atoms with E-state index in [0.717, 1.165) is 27.6 Å². The molecule has 0 atom stereocenters. The molecule has 10 aromatic rings. The van der Waals surface area contributed by atoms with E-state index in [1.807, 2.05) is 0 Å². The SMILES string of the molecule is c1ccc(-n2c3ccccc3c3cc(-c4cccc(S(c5ccccc5)(c5ccccc5)c5cccc6c5oc5ccccc56)c4)ccc32)cc1. The Hall–Kier alpha value is -6.29. The van der Waals surface area contributed by atoms with Gasteiger partial charge in [0.15, 0.2) is 0 Å². The molecule has 0 bridgehead atoms. The van der Waals surface area contributed by atoms with E-state index in [9.17, 15) is 0 Å². The van der Waals surface area contributed by atoms with E-state index >= 15 is 0 Å². The van der Waals surface area contributed by atoms with Crippen molar-refractivity contribution in [2.75, 3.05) is 0 Å². The van der Waals surface area contributed by atoms with Crippen molar-refractivity contribution in [2.45, 2.75) is 19.6 Å². The molecule has 0 saturated carbocycles. The van der Waals surface area contributed by atoms with Gasteiger partial charge in [-0.15, -0.1) is 10.0 Å². The Morgan fingerprint density at radius 2 is 0.941 bits per heavy atom. The van der Waals surface area contributed by atoms with Crippen LogP contribution in [0.1, 0.15) is 0 Å². The van der Waals surface area contributed by atoms with Crippen LogP contribution >= 0.6 is 10.0 Å². The Balaban J connectivity index is 1.25. The number of benzene rings is 8. The number of rotatable bonds is 6. The molecule has 0 spiro atoms. The summed E-state index contributed by atoms with van der Waals surface area (Å²) in [6.45, 7) is 0. The van der Waals surface area contributed by atoms with Crippen molar-refractivity contribution < 1.29 is 4.42 Å². The van der Waals surface area contributed by atoms with Crippen molar-refractivity contribution in [1.29, 1.82) is 0 Å². The molecule has 0 aliphatic heterocycles. The largest absolute Gasteiger partial charge is 0.455 e. The smallest absolute Gasteiger partial charge is 0.148 e. The van der Waals surface area contributed by atoms with E-state index in [1.54, 1.807) is 0 Å². The monoisotopic (exact) mass is 671 g/mol. The van der Waals surface area contributed by atoms with Gasteiger partial charge in [-0.05, 0) is 90.0 Å². The molecule has 0 radical (unpaired) electrons. The fraction of sp³-hybridized carbons (Fsp3) is 0. The highest BCUT2D eigenvalue weighted by molar-refractivity contribution is 8.34. The average Bonchev–Trinajstić information content (AvgIpc) is 3.76. The third kappa shape index (κ3) is 4.59. The summed E-state index contributed by atoms with van der Waals surface area (Å²) in [5.41, 5.74) is 7.81. The highest BCUT2D eigenvalue weighted by Gasteiger charge is 2.36. The molecular weight excluding hydrogens is 639 g/mol. The highest BCUT2D eigenvalue weighted by atomic mass is 32.3. The molecule has 2 heterocycles. The molecule has 3 heteroatoms. The Kier molecular flexibility index (Phi) is 6.93. The van der Waals surface area contributed by atoms with Gasteiger partial charge in [0, 0.05) is 46.8 Å². The minimum atomic E-state index is -2.02. The third-order valence-electron chi connectivity index (χ3n) is 10.1. The number of hydrogen-bond acceptors (Lipinski definition) is 1. The summed E-state index contributed by atoms with van der Waals surface area (Å²) in [5, 5.41) is 4.78. The molecule has 2 nitrogen and oxygen atoms in total.